The van der Waals surface area contributed by atoms with Crippen LogP contribution >= 0.6 is 0 Å². The van der Waals surface area contributed by atoms with Gasteiger partial charge >= 0.3 is 5.69 Å². The quantitative estimate of drug-likeness (QED) is 0.177. The Hall–Kier alpha value is -4.63. The molecule has 0 radical (unpaired) electrons. The van der Waals surface area contributed by atoms with Crippen molar-refractivity contribution in [1.29, 1.82) is 0 Å². The largest absolute Gasteiger partial charge is 0.394 e. The average Bonchev–Trinajstić information content (AvgIpc) is 2.89. The van der Waals surface area contributed by atoms with Crippen molar-refractivity contribution < 1.29 is 14.8 Å². The fraction of sp³-hybridized carbons (Fsp3) is 0.115. The number of rotatable bonds is 10. The Kier molecular flexibility index (Phi) is 7.39. The molecule has 4 aromatic rings. The third-order valence-electron chi connectivity index (χ3n) is 5.31. The highest BCUT2D eigenvalue weighted by molar-refractivity contribution is 6.12. The Morgan fingerprint density at radius 3 is 2.31 bits per heavy atom. The number of benzene rings is 3. The topological polar surface area (TPSA) is 130 Å². The summed E-state index contributed by atoms with van der Waals surface area (Å²) < 4.78 is 0. The summed E-state index contributed by atoms with van der Waals surface area (Å²) in [5.41, 5.74) is 1.87. The lowest BCUT2D eigenvalue weighted by atomic mass is 10.0. The van der Waals surface area contributed by atoms with Gasteiger partial charge in [-0.1, -0.05) is 72.8 Å². The molecule has 1 atom stereocenters. The molecule has 0 aliphatic heterocycles. The first-order chi connectivity index (χ1) is 17.0. The molecule has 35 heavy (non-hydrogen) atoms. The lowest BCUT2D eigenvalue weighted by Gasteiger charge is -2.17. The number of anilines is 3. The van der Waals surface area contributed by atoms with E-state index in [9.17, 15) is 20.0 Å². The van der Waals surface area contributed by atoms with E-state index in [1.54, 1.807) is 48.5 Å². The molecular formula is C26H23N5O4. The number of carbonyl (C=O) groups is 1. The van der Waals surface area contributed by atoms with Gasteiger partial charge in [-0.3, -0.25) is 14.9 Å². The second kappa shape index (κ2) is 11.0. The lowest BCUT2D eigenvalue weighted by molar-refractivity contribution is -0.384. The van der Waals surface area contributed by atoms with Crippen molar-refractivity contribution in [3.05, 3.63) is 118 Å². The van der Waals surface area contributed by atoms with Gasteiger partial charge in [0.25, 0.3) is 0 Å². The number of carbonyl (C=O) groups excluding carboxylic acids is 1. The van der Waals surface area contributed by atoms with Crippen LogP contribution in [0, 0.1) is 10.1 Å². The van der Waals surface area contributed by atoms with E-state index in [0.717, 1.165) is 11.8 Å². The molecule has 9 nitrogen and oxygen atoms in total. The molecule has 4 rings (SSSR count). The maximum atomic E-state index is 13.1. The predicted octanol–water partition coefficient (Wildman–Crippen LogP) is 4.37. The second-order valence-corrected chi connectivity index (χ2v) is 7.76. The molecular weight excluding hydrogens is 446 g/mol. The highest BCUT2D eigenvalue weighted by Gasteiger charge is 2.21. The highest BCUT2D eigenvalue weighted by atomic mass is 16.6. The first-order valence-electron chi connectivity index (χ1n) is 10.9. The normalized spacial score (nSPS) is 11.5. The molecule has 0 aliphatic rings. The second-order valence-electron chi connectivity index (χ2n) is 7.76. The van der Waals surface area contributed by atoms with E-state index in [1.807, 2.05) is 36.4 Å². The first-order valence-corrected chi connectivity index (χ1v) is 10.9. The number of nitrogens with zero attached hydrogens (tertiary/aromatic N) is 3. The molecule has 0 fully saturated rings. The van der Waals surface area contributed by atoms with E-state index < -0.39 is 11.0 Å². The SMILES string of the molecule is O=C(c1ccccc1)c1ccccc1Nc1nc(NC(CO)Cc2ccccc2)ncc1[N+](=O)[O-]. The zero-order valence-electron chi connectivity index (χ0n) is 18.7. The number of ketones is 1. The molecule has 0 bridgehead atoms. The number of aliphatic hydroxyl groups excluding tert-OH is 1. The monoisotopic (exact) mass is 469 g/mol. The zero-order valence-corrected chi connectivity index (χ0v) is 18.7. The van der Waals surface area contributed by atoms with E-state index >= 15 is 0 Å². The van der Waals surface area contributed by atoms with Crippen LogP contribution in [-0.4, -0.2) is 38.4 Å². The van der Waals surface area contributed by atoms with Crippen molar-refractivity contribution in [2.75, 3.05) is 17.2 Å². The Balaban J connectivity index is 1.62. The van der Waals surface area contributed by atoms with Crippen molar-refractivity contribution in [2.45, 2.75) is 12.5 Å². The Morgan fingerprint density at radius 1 is 0.971 bits per heavy atom. The van der Waals surface area contributed by atoms with Crippen molar-refractivity contribution in [3.63, 3.8) is 0 Å². The summed E-state index contributed by atoms with van der Waals surface area (Å²) in [6.07, 6.45) is 1.60. The summed E-state index contributed by atoms with van der Waals surface area (Å²) in [4.78, 5) is 32.4. The van der Waals surface area contributed by atoms with Crippen LogP contribution < -0.4 is 10.6 Å². The van der Waals surface area contributed by atoms with Crippen LogP contribution in [0.5, 0.6) is 0 Å². The minimum absolute atomic E-state index is 0.0720. The van der Waals surface area contributed by atoms with Gasteiger partial charge in [0.2, 0.25) is 11.8 Å². The summed E-state index contributed by atoms with van der Waals surface area (Å²) >= 11 is 0. The first kappa shape index (κ1) is 23.5. The van der Waals surface area contributed by atoms with Gasteiger partial charge in [-0.15, -0.1) is 0 Å². The van der Waals surface area contributed by atoms with Crippen LogP contribution in [0.4, 0.5) is 23.1 Å². The molecule has 1 unspecified atom stereocenters. The zero-order chi connectivity index (χ0) is 24.6. The van der Waals surface area contributed by atoms with E-state index in [1.165, 1.54) is 0 Å². The van der Waals surface area contributed by atoms with Crippen molar-refractivity contribution in [1.82, 2.24) is 9.97 Å². The molecule has 9 heteroatoms. The maximum absolute atomic E-state index is 13.1. The molecule has 1 heterocycles. The molecule has 1 aromatic heterocycles. The maximum Gasteiger partial charge on any atom is 0.329 e. The number of hydrogen-bond donors (Lipinski definition) is 3. The summed E-state index contributed by atoms with van der Waals surface area (Å²) in [6, 6.07) is 24.7. The summed E-state index contributed by atoms with van der Waals surface area (Å²) in [6.45, 7) is -0.188. The molecule has 176 valence electrons. The number of para-hydroxylation sites is 1. The van der Waals surface area contributed by atoms with Gasteiger partial charge in [-0.2, -0.15) is 4.98 Å². The number of hydrogen-bond acceptors (Lipinski definition) is 8. The molecule has 0 saturated heterocycles. The van der Waals surface area contributed by atoms with Crippen LogP contribution in [-0.2, 0) is 6.42 Å². The molecule has 3 N–H and O–H groups in total. The molecule has 3 aromatic carbocycles. The number of aromatic nitrogens is 2. The number of nitro groups is 1. The molecule has 0 amide bonds. The van der Waals surface area contributed by atoms with Gasteiger partial charge in [0.1, 0.15) is 6.20 Å². The van der Waals surface area contributed by atoms with Crippen LogP contribution in [0.2, 0.25) is 0 Å². The standard InChI is InChI=1S/C26H23N5O4/c32-17-20(15-18-9-3-1-4-10-18)28-26-27-16-23(31(34)35)25(30-26)29-22-14-8-7-13-21(22)24(33)19-11-5-2-6-12-19/h1-14,16,20,32H,15,17H2,(H2,27,28,29,30). The smallest absolute Gasteiger partial charge is 0.329 e. The summed E-state index contributed by atoms with van der Waals surface area (Å²) in [7, 11) is 0. The minimum atomic E-state index is -0.596. The van der Waals surface area contributed by atoms with Crippen molar-refractivity contribution >= 4 is 28.9 Å². The van der Waals surface area contributed by atoms with Crippen molar-refractivity contribution in [3.8, 4) is 0 Å². The highest BCUT2D eigenvalue weighted by Crippen LogP contribution is 2.29. The van der Waals surface area contributed by atoms with Gasteiger partial charge in [0.05, 0.1) is 23.3 Å². The average molecular weight is 470 g/mol. The molecule has 0 spiro atoms. The van der Waals surface area contributed by atoms with Gasteiger partial charge in [-0.25, -0.2) is 4.98 Å². The fourth-order valence-electron chi connectivity index (χ4n) is 3.58. The van der Waals surface area contributed by atoms with Crippen molar-refractivity contribution in [2.24, 2.45) is 0 Å². The third-order valence-corrected chi connectivity index (χ3v) is 5.31. The third kappa shape index (κ3) is 5.84. The minimum Gasteiger partial charge on any atom is -0.394 e. The van der Waals surface area contributed by atoms with Crippen LogP contribution in [0.1, 0.15) is 21.5 Å². The Morgan fingerprint density at radius 2 is 1.63 bits per heavy atom. The lowest BCUT2D eigenvalue weighted by Crippen LogP contribution is -2.27. The van der Waals surface area contributed by atoms with Gasteiger partial charge in [0.15, 0.2) is 5.78 Å². The van der Waals surface area contributed by atoms with Crippen LogP contribution in [0.15, 0.2) is 91.1 Å². The fourth-order valence-corrected chi connectivity index (χ4v) is 3.58. The predicted molar refractivity (Wildman–Crippen MR) is 133 cm³/mol. The van der Waals surface area contributed by atoms with E-state index in [2.05, 4.69) is 20.6 Å². The van der Waals surface area contributed by atoms with Gasteiger partial charge < -0.3 is 15.7 Å². The number of nitrogens with one attached hydrogen (secondary N) is 2. The van der Waals surface area contributed by atoms with Crippen LogP contribution in [0.25, 0.3) is 0 Å². The van der Waals surface area contributed by atoms with E-state index in [0.29, 0.717) is 23.2 Å². The molecule has 0 saturated carbocycles. The van der Waals surface area contributed by atoms with E-state index in [-0.39, 0.29) is 29.8 Å². The Labute approximate surface area is 201 Å². The van der Waals surface area contributed by atoms with E-state index in [4.69, 9.17) is 0 Å². The van der Waals surface area contributed by atoms with Gasteiger partial charge in [-0.05, 0) is 24.1 Å². The molecule has 0 aliphatic carbocycles. The Bertz CT molecular complexity index is 1320. The summed E-state index contributed by atoms with van der Waals surface area (Å²) in [5.74, 6) is -0.191. The van der Waals surface area contributed by atoms with Gasteiger partial charge in [0, 0.05) is 11.1 Å². The van der Waals surface area contributed by atoms with Crippen LogP contribution in [0.3, 0.4) is 0 Å². The number of aliphatic hydroxyl groups is 1. The summed E-state index contributed by atoms with van der Waals surface area (Å²) in [5, 5.41) is 27.4.